The molecular weight excluding hydrogens is 446 g/mol. The first kappa shape index (κ1) is 23.6. The molecule has 9 heteroatoms. The number of anilines is 1. The summed E-state index contributed by atoms with van der Waals surface area (Å²) in [6, 6.07) is 13.6. The lowest BCUT2D eigenvalue weighted by Crippen LogP contribution is -2.29. The van der Waals surface area contributed by atoms with Gasteiger partial charge in [-0.15, -0.1) is 0 Å². The van der Waals surface area contributed by atoms with Crippen LogP contribution in [0.25, 0.3) is 6.08 Å². The van der Waals surface area contributed by atoms with Crippen molar-refractivity contribution in [2.24, 2.45) is 0 Å². The number of thioether (sulfide) groups is 1. The number of unbranched alkanes of at least 4 members (excludes halogenated alkanes) is 2. The number of rotatable bonds is 9. The molecule has 0 aromatic heterocycles. The van der Waals surface area contributed by atoms with E-state index in [1.165, 1.54) is 36.0 Å². The smallest absolute Gasteiger partial charge is 0.269 e. The second-order valence-electron chi connectivity index (χ2n) is 7.35. The van der Waals surface area contributed by atoms with Gasteiger partial charge in [0.1, 0.15) is 4.32 Å². The Labute approximate surface area is 196 Å². The molecule has 1 fully saturated rings. The number of aryl methyl sites for hydroxylation is 1. The van der Waals surface area contributed by atoms with E-state index in [9.17, 15) is 19.7 Å². The number of nitro groups is 1. The van der Waals surface area contributed by atoms with E-state index in [0.717, 1.165) is 24.0 Å². The zero-order valence-corrected chi connectivity index (χ0v) is 19.2. The van der Waals surface area contributed by atoms with Gasteiger partial charge >= 0.3 is 0 Å². The van der Waals surface area contributed by atoms with Crippen molar-refractivity contribution in [3.8, 4) is 0 Å². The third-order valence-corrected chi connectivity index (χ3v) is 6.37. The highest BCUT2D eigenvalue weighted by Gasteiger charge is 2.31. The van der Waals surface area contributed by atoms with Gasteiger partial charge in [0.15, 0.2) is 0 Å². The molecule has 1 N–H and O–H groups in total. The predicted molar refractivity (Wildman–Crippen MR) is 131 cm³/mol. The van der Waals surface area contributed by atoms with Crippen molar-refractivity contribution in [2.45, 2.75) is 32.6 Å². The molecule has 3 rings (SSSR count). The Bertz CT molecular complexity index is 1070. The van der Waals surface area contributed by atoms with Gasteiger partial charge in [0.05, 0.1) is 9.83 Å². The first-order valence-electron chi connectivity index (χ1n) is 10.2. The van der Waals surface area contributed by atoms with Crippen LogP contribution in [0.15, 0.2) is 53.4 Å². The lowest BCUT2D eigenvalue weighted by molar-refractivity contribution is -0.384. The molecule has 0 bridgehead atoms. The van der Waals surface area contributed by atoms with E-state index in [2.05, 4.69) is 5.32 Å². The Morgan fingerprint density at radius 2 is 1.88 bits per heavy atom. The predicted octanol–water partition coefficient (Wildman–Crippen LogP) is 5.30. The zero-order valence-electron chi connectivity index (χ0n) is 17.6. The fraction of sp³-hybridized carbons (Fsp3) is 0.261. The molecule has 2 aromatic carbocycles. The van der Waals surface area contributed by atoms with Crippen LogP contribution in [0.4, 0.5) is 11.4 Å². The van der Waals surface area contributed by atoms with Gasteiger partial charge in [-0.25, -0.2) is 0 Å². The van der Waals surface area contributed by atoms with E-state index < -0.39 is 4.92 Å². The van der Waals surface area contributed by atoms with Crippen LogP contribution in [0, 0.1) is 17.0 Å². The molecule has 166 valence electrons. The fourth-order valence-electron chi connectivity index (χ4n) is 3.20. The van der Waals surface area contributed by atoms with Gasteiger partial charge in [0.25, 0.3) is 11.6 Å². The number of nitrogens with one attached hydrogen (secondary N) is 1. The SMILES string of the molecule is Cc1ccccc1/C=C1\SC(=S)N(CCCCCC(=O)Nc2ccc([N+](=O)[O-])cc2)C1=O. The van der Waals surface area contributed by atoms with Crippen molar-refractivity contribution in [2.75, 3.05) is 11.9 Å². The lowest BCUT2D eigenvalue weighted by Gasteiger charge is -2.14. The molecule has 1 aliphatic rings. The highest BCUT2D eigenvalue weighted by Crippen LogP contribution is 2.33. The number of amides is 2. The van der Waals surface area contributed by atoms with E-state index in [1.54, 1.807) is 4.90 Å². The maximum atomic E-state index is 12.7. The van der Waals surface area contributed by atoms with Gasteiger partial charge in [-0.3, -0.25) is 24.6 Å². The van der Waals surface area contributed by atoms with Crippen LogP contribution in [0.3, 0.4) is 0 Å². The normalized spacial score (nSPS) is 14.8. The molecular formula is C23H23N3O4S2. The largest absolute Gasteiger partial charge is 0.326 e. The first-order chi connectivity index (χ1) is 15.3. The molecule has 0 saturated carbocycles. The van der Waals surface area contributed by atoms with Crippen LogP contribution in [-0.2, 0) is 9.59 Å². The number of thiocarbonyl (C=S) groups is 1. The Kier molecular flexibility index (Phi) is 8.13. The summed E-state index contributed by atoms with van der Waals surface area (Å²) in [7, 11) is 0. The van der Waals surface area contributed by atoms with Crippen molar-refractivity contribution in [1.82, 2.24) is 4.90 Å². The average Bonchev–Trinajstić information content (AvgIpc) is 3.02. The summed E-state index contributed by atoms with van der Waals surface area (Å²) in [5.74, 6) is -0.218. The van der Waals surface area contributed by atoms with Crippen molar-refractivity contribution >= 4 is 57.6 Å². The van der Waals surface area contributed by atoms with Crippen molar-refractivity contribution in [3.63, 3.8) is 0 Å². The molecule has 0 radical (unpaired) electrons. The molecule has 0 unspecified atom stereocenters. The monoisotopic (exact) mass is 469 g/mol. The molecule has 0 aliphatic carbocycles. The van der Waals surface area contributed by atoms with Crippen LogP contribution < -0.4 is 5.32 Å². The van der Waals surface area contributed by atoms with E-state index in [1.807, 2.05) is 37.3 Å². The molecule has 1 saturated heterocycles. The third-order valence-electron chi connectivity index (χ3n) is 5.00. The minimum Gasteiger partial charge on any atom is -0.326 e. The van der Waals surface area contributed by atoms with E-state index >= 15 is 0 Å². The maximum Gasteiger partial charge on any atom is 0.269 e. The number of hydrogen-bond donors (Lipinski definition) is 1. The minimum atomic E-state index is -0.484. The molecule has 0 atom stereocenters. The molecule has 2 amide bonds. The standard InChI is InChI=1S/C23H23N3O4S2/c1-16-7-4-5-8-17(16)15-20-22(28)25(23(31)32-20)14-6-2-3-9-21(27)24-18-10-12-19(13-11-18)26(29)30/h4-5,7-8,10-13,15H,2-3,6,9,14H2,1H3,(H,24,27)/b20-15-. The van der Waals surface area contributed by atoms with Crippen molar-refractivity contribution in [3.05, 3.63) is 74.7 Å². The van der Waals surface area contributed by atoms with Gasteiger partial charge in [-0.05, 0) is 49.1 Å². The summed E-state index contributed by atoms with van der Waals surface area (Å²) in [5, 5.41) is 13.4. The van der Waals surface area contributed by atoms with Gasteiger partial charge < -0.3 is 5.32 Å². The summed E-state index contributed by atoms with van der Waals surface area (Å²) < 4.78 is 0.561. The Hall–Kier alpha value is -3.04. The Morgan fingerprint density at radius 1 is 1.16 bits per heavy atom. The number of hydrogen-bond acceptors (Lipinski definition) is 6. The second-order valence-corrected chi connectivity index (χ2v) is 9.03. The minimum absolute atomic E-state index is 0.0209. The van der Waals surface area contributed by atoms with Crippen LogP contribution in [-0.4, -0.2) is 32.5 Å². The zero-order chi connectivity index (χ0) is 23.1. The van der Waals surface area contributed by atoms with Gasteiger partial charge in [0, 0.05) is 30.8 Å². The summed E-state index contributed by atoms with van der Waals surface area (Å²) in [5.41, 5.74) is 2.61. The van der Waals surface area contributed by atoms with Crippen molar-refractivity contribution < 1.29 is 14.5 Å². The first-order valence-corrected chi connectivity index (χ1v) is 11.4. The Balaban J connectivity index is 1.41. The van der Waals surface area contributed by atoms with Gasteiger partial charge in [0.2, 0.25) is 5.91 Å². The summed E-state index contributed by atoms with van der Waals surface area (Å²) in [6.45, 7) is 2.53. The van der Waals surface area contributed by atoms with E-state index in [-0.39, 0.29) is 17.5 Å². The Morgan fingerprint density at radius 3 is 2.56 bits per heavy atom. The van der Waals surface area contributed by atoms with Crippen LogP contribution in [0.2, 0.25) is 0 Å². The average molecular weight is 470 g/mol. The molecule has 32 heavy (non-hydrogen) atoms. The van der Waals surface area contributed by atoms with Crippen molar-refractivity contribution in [1.29, 1.82) is 0 Å². The van der Waals surface area contributed by atoms with E-state index in [4.69, 9.17) is 12.2 Å². The summed E-state index contributed by atoms with van der Waals surface area (Å²) in [6.07, 6.45) is 4.42. The fourth-order valence-corrected chi connectivity index (χ4v) is 4.50. The second kappa shape index (κ2) is 11.0. The number of benzene rings is 2. The highest BCUT2D eigenvalue weighted by molar-refractivity contribution is 8.26. The number of nitrogens with zero attached hydrogens (tertiary/aromatic N) is 2. The van der Waals surface area contributed by atoms with Crippen LogP contribution >= 0.6 is 24.0 Å². The summed E-state index contributed by atoms with van der Waals surface area (Å²) in [4.78, 5) is 37.2. The molecule has 1 heterocycles. The summed E-state index contributed by atoms with van der Waals surface area (Å²) >= 11 is 6.70. The maximum absolute atomic E-state index is 12.7. The molecule has 0 spiro atoms. The molecule has 1 aliphatic heterocycles. The van der Waals surface area contributed by atoms with Gasteiger partial charge in [-0.2, -0.15) is 0 Å². The number of non-ortho nitro benzene ring substituents is 1. The number of nitro benzene ring substituents is 1. The number of carbonyl (C=O) groups is 2. The molecule has 2 aromatic rings. The lowest BCUT2D eigenvalue weighted by atomic mass is 10.1. The van der Waals surface area contributed by atoms with Gasteiger partial charge in [-0.1, -0.05) is 54.7 Å². The van der Waals surface area contributed by atoms with Crippen LogP contribution in [0.5, 0.6) is 0 Å². The van der Waals surface area contributed by atoms with E-state index in [0.29, 0.717) is 34.3 Å². The van der Waals surface area contributed by atoms with Crippen LogP contribution in [0.1, 0.15) is 36.8 Å². The highest BCUT2D eigenvalue weighted by atomic mass is 32.2. The number of carbonyl (C=O) groups excluding carboxylic acids is 2. The third kappa shape index (κ3) is 6.24. The topological polar surface area (TPSA) is 92.6 Å². The quantitative estimate of drug-likeness (QED) is 0.176. The molecule has 7 nitrogen and oxygen atoms in total.